The van der Waals surface area contributed by atoms with Crippen LogP contribution in [0.4, 0.5) is 5.69 Å². The van der Waals surface area contributed by atoms with Crippen molar-refractivity contribution in [2.75, 3.05) is 5.32 Å². The van der Waals surface area contributed by atoms with Crippen molar-refractivity contribution in [2.24, 2.45) is 0 Å². The molecule has 4 nitrogen and oxygen atoms in total. The van der Waals surface area contributed by atoms with Crippen LogP contribution in [0.1, 0.15) is 11.1 Å². The van der Waals surface area contributed by atoms with Gasteiger partial charge < -0.3 is 10.1 Å². The van der Waals surface area contributed by atoms with E-state index in [2.05, 4.69) is 5.32 Å². The van der Waals surface area contributed by atoms with E-state index in [4.69, 9.17) is 39.5 Å². The Morgan fingerprint density at radius 3 is 2.50 bits per heavy atom. The number of halogens is 3. The normalized spacial score (nSPS) is 10.9. The molecule has 3 aromatic rings. The number of amides is 1. The average molecular weight is 458 g/mol. The average Bonchev–Trinajstić information content (AvgIpc) is 2.72. The van der Waals surface area contributed by atoms with Gasteiger partial charge in [-0.15, -0.1) is 0 Å². The summed E-state index contributed by atoms with van der Waals surface area (Å²) in [5.41, 5.74) is 1.67. The third-order valence-corrected chi connectivity index (χ3v) is 4.90. The quantitative estimate of drug-likeness (QED) is 0.328. The predicted molar refractivity (Wildman–Crippen MR) is 121 cm³/mol. The number of nitrogens with one attached hydrogen (secondary N) is 1. The summed E-state index contributed by atoms with van der Waals surface area (Å²) in [6, 6.07) is 20.8. The molecule has 0 spiro atoms. The Labute approximate surface area is 189 Å². The van der Waals surface area contributed by atoms with Gasteiger partial charge in [0.2, 0.25) is 0 Å². The van der Waals surface area contributed by atoms with Crippen LogP contribution in [0.15, 0.2) is 72.3 Å². The number of nitrogens with zero attached hydrogens (tertiary/aromatic N) is 1. The van der Waals surface area contributed by atoms with Crippen LogP contribution in [-0.4, -0.2) is 5.91 Å². The monoisotopic (exact) mass is 456 g/mol. The van der Waals surface area contributed by atoms with Gasteiger partial charge in [-0.25, -0.2) is 0 Å². The molecule has 150 valence electrons. The van der Waals surface area contributed by atoms with Crippen LogP contribution in [0.25, 0.3) is 6.08 Å². The zero-order valence-corrected chi connectivity index (χ0v) is 17.8. The highest BCUT2D eigenvalue weighted by molar-refractivity contribution is 6.31. The van der Waals surface area contributed by atoms with Gasteiger partial charge in [0.25, 0.3) is 5.91 Å². The minimum atomic E-state index is -0.572. The Bertz CT molecular complexity index is 1150. The predicted octanol–water partition coefficient (Wildman–Crippen LogP) is 6.77. The minimum Gasteiger partial charge on any atom is -0.488 e. The Balaban J connectivity index is 1.84. The van der Waals surface area contributed by atoms with E-state index in [1.54, 1.807) is 48.5 Å². The number of nitriles is 1. The van der Waals surface area contributed by atoms with E-state index in [0.29, 0.717) is 32.1 Å². The lowest BCUT2D eigenvalue weighted by atomic mass is 10.1. The molecule has 7 heteroatoms. The van der Waals surface area contributed by atoms with Crippen molar-refractivity contribution in [3.63, 3.8) is 0 Å². The van der Waals surface area contributed by atoms with Gasteiger partial charge in [-0.1, -0.05) is 59.1 Å². The van der Waals surface area contributed by atoms with Crippen LogP contribution in [0, 0.1) is 11.3 Å². The van der Waals surface area contributed by atoms with Crippen molar-refractivity contribution in [3.8, 4) is 11.8 Å². The van der Waals surface area contributed by atoms with Gasteiger partial charge in [-0.2, -0.15) is 5.26 Å². The number of benzene rings is 3. The van der Waals surface area contributed by atoms with Crippen LogP contribution in [0.5, 0.6) is 5.75 Å². The lowest BCUT2D eigenvalue weighted by Gasteiger charge is -2.11. The Kier molecular flexibility index (Phi) is 7.37. The van der Waals surface area contributed by atoms with Crippen molar-refractivity contribution in [3.05, 3.63) is 98.5 Å². The van der Waals surface area contributed by atoms with E-state index in [0.717, 1.165) is 5.56 Å². The molecule has 1 amide bonds. The number of anilines is 1. The molecule has 0 aromatic heterocycles. The molecule has 0 saturated heterocycles. The number of ether oxygens (including phenoxy) is 1. The first kappa shape index (κ1) is 21.7. The third kappa shape index (κ3) is 5.77. The van der Waals surface area contributed by atoms with Crippen molar-refractivity contribution >= 4 is 52.5 Å². The van der Waals surface area contributed by atoms with E-state index >= 15 is 0 Å². The van der Waals surface area contributed by atoms with Crippen LogP contribution in [0.2, 0.25) is 15.1 Å². The second-order valence-electron chi connectivity index (χ2n) is 6.20. The molecule has 0 atom stereocenters. The van der Waals surface area contributed by atoms with Crippen molar-refractivity contribution in [1.82, 2.24) is 0 Å². The van der Waals surface area contributed by atoms with Gasteiger partial charge >= 0.3 is 0 Å². The third-order valence-electron chi connectivity index (χ3n) is 4.06. The Hall–Kier alpha value is -2.97. The lowest BCUT2D eigenvalue weighted by molar-refractivity contribution is -0.112. The van der Waals surface area contributed by atoms with Crippen molar-refractivity contribution in [1.29, 1.82) is 5.26 Å². The highest BCUT2D eigenvalue weighted by atomic mass is 35.5. The number of hydrogen-bond donors (Lipinski definition) is 1. The molecular weight excluding hydrogens is 443 g/mol. The van der Waals surface area contributed by atoms with Crippen LogP contribution in [0.3, 0.4) is 0 Å². The fourth-order valence-corrected chi connectivity index (χ4v) is 3.16. The zero-order valence-electron chi connectivity index (χ0n) is 15.5. The number of carbonyl (C=O) groups excluding carboxylic acids is 1. The molecule has 0 radical (unpaired) electrons. The second-order valence-corrected chi connectivity index (χ2v) is 7.48. The van der Waals surface area contributed by atoms with Gasteiger partial charge in [0.05, 0.1) is 0 Å². The molecule has 0 unspecified atom stereocenters. The molecule has 3 aromatic carbocycles. The minimum absolute atomic E-state index is 0.111. The first-order valence-electron chi connectivity index (χ1n) is 8.81. The summed E-state index contributed by atoms with van der Waals surface area (Å²) in [7, 11) is 0. The maximum Gasteiger partial charge on any atom is 0.266 e. The maximum atomic E-state index is 12.5. The highest BCUT2D eigenvalue weighted by Crippen LogP contribution is 2.27. The number of rotatable bonds is 6. The van der Waals surface area contributed by atoms with Gasteiger partial charge in [-0.3, -0.25) is 4.79 Å². The summed E-state index contributed by atoms with van der Waals surface area (Å²) in [6.45, 7) is 0.221. The molecule has 0 saturated carbocycles. The fraction of sp³-hybridized carbons (Fsp3) is 0.0435. The van der Waals surface area contributed by atoms with Gasteiger partial charge in [0.1, 0.15) is 24.0 Å². The van der Waals surface area contributed by atoms with E-state index in [1.807, 2.05) is 24.3 Å². The molecule has 3 rings (SSSR count). The fourth-order valence-electron chi connectivity index (χ4n) is 2.60. The van der Waals surface area contributed by atoms with Crippen LogP contribution < -0.4 is 10.1 Å². The zero-order chi connectivity index (χ0) is 21.5. The van der Waals surface area contributed by atoms with Crippen LogP contribution >= 0.6 is 34.8 Å². The molecule has 0 aliphatic heterocycles. The van der Waals surface area contributed by atoms with E-state index in [1.165, 1.54) is 6.08 Å². The van der Waals surface area contributed by atoms with E-state index in [9.17, 15) is 10.1 Å². The maximum absolute atomic E-state index is 12.5. The van der Waals surface area contributed by atoms with Gasteiger partial charge in [0.15, 0.2) is 0 Å². The molecule has 0 fully saturated rings. The topological polar surface area (TPSA) is 62.1 Å². The summed E-state index contributed by atoms with van der Waals surface area (Å²) in [6.07, 6.45) is 1.42. The smallest absolute Gasteiger partial charge is 0.266 e. The molecule has 0 aliphatic rings. The Morgan fingerprint density at radius 2 is 1.77 bits per heavy atom. The van der Waals surface area contributed by atoms with E-state index in [-0.39, 0.29) is 12.2 Å². The largest absolute Gasteiger partial charge is 0.488 e. The standard InChI is InChI=1S/C23H15Cl3N2O2/c24-18-5-3-6-20(12-18)28-23(29)17(13-27)10-16-11-19(25)8-9-22(16)30-14-15-4-1-2-7-21(15)26/h1-12H,14H2,(H,28,29)/b17-10+. The summed E-state index contributed by atoms with van der Waals surface area (Å²) in [5, 5.41) is 13.6. The first-order valence-corrected chi connectivity index (χ1v) is 9.94. The second kappa shape index (κ2) is 10.2. The molecular formula is C23H15Cl3N2O2. The first-order chi connectivity index (χ1) is 14.5. The summed E-state index contributed by atoms with van der Waals surface area (Å²) >= 11 is 18.2. The lowest BCUT2D eigenvalue weighted by Crippen LogP contribution is -2.13. The number of carbonyl (C=O) groups is 1. The highest BCUT2D eigenvalue weighted by Gasteiger charge is 2.13. The molecule has 0 heterocycles. The van der Waals surface area contributed by atoms with Gasteiger partial charge in [-0.05, 0) is 48.5 Å². The summed E-state index contributed by atoms with van der Waals surface area (Å²) in [4.78, 5) is 12.5. The van der Waals surface area contributed by atoms with E-state index < -0.39 is 5.91 Å². The van der Waals surface area contributed by atoms with Crippen LogP contribution in [-0.2, 0) is 11.4 Å². The molecule has 0 aliphatic carbocycles. The molecule has 1 N–H and O–H groups in total. The van der Waals surface area contributed by atoms with Gasteiger partial charge in [0, 0.05) is 31.9 Å². The number of hydrogen-bond acceptors (Lipinski definition) is 3. The van der Waals surface area contributed by atoms with Crippen molar-refractivity contribution in [2.45, 2.75) is 6.61 Å². The van der Waals surface area contributed by atoms with Crippen molar-refractivity contribution < 1.29 is 9.53 Å². The SMILES string of the molecule is N#C/C(=C\c1cc(Cl)ccc1OCc1ccccc1Cl)C(=O)Nc1cccc(Cl)c1. The summed E-state index contributed by atoms with van der Waals surface area (Å²) in [5.74, 6) is -0.112. The molecule has 0 bridgehead atoms. The summed E-state index contributed by atoms with van der Waals surface area (Å²) < 4.78 is 5.87. The molecule has 30 heavy (non-hydrogen) atoms. The Morgan fingerprint density at radius 1 is 1.00 bits per heavy atom.